The Hall–Kier alpha value is -0.770. The fourth-order valence-electron chi connectivity index (χ4n) is 0.579. The second kappa shape index (κ2) is 2.46. The van der Waals surface area contributed by atoms with Gasteiger partial charge in [0.1, 0.15) is 0 Å². The van der Waals surface area contributed by atoms with Crippen LogP contribution in [0.4, 0.5) is 7.77 Å². The molecule has 10 heavy (non-hydrogen) atoms. The van der Waals surface area contributed by atoms with Crippen LogP contribution in [0.5, 0.6) is 0 Å². The van der Waals surface area contributed by atoms with Crippen molar-refractivity contribution in [2.75, 3.05) is 0 Å². The van der Waals surface area contributed by atoms with Gasteiger partial charge in [-0.15, -0.1) is 0 Å². The summed E-state index contributed by atoms with van der Waals surface area (Å²) in [5.41, 5.74) is 0. The van der Waals surface area contributed by atoms with Crippen LogP contribution in [0.3, 0.4) is 0 Å². The van der Waals surface area contributed by atoms with E-state index in [9.17, 15) is 12.0 Å². The van der Waals surface area contributed by atoms with Crippen LogP contribution < -0.4 is 0 Å². The van der Waals surface area contributed by atoms with E-state index in [2.05, 4.69) is 0 Å². The quantitative estimate of drug-likeness (QED) is 0.458. The zero-order chi connectivity index (χ0) is 7.61. The predicted octanol–water partition coefficient (Wildman–Crippen LogP) is 2.31. The Balaban J connectivity index is 3.09. The first-order valence-electron chi connectivity index (χ1n) is 2.59. The Labute approximate surface area is 58.7 Å². The maximum Gasteiger partial charge on any atom is 0.487 e. The van der Waals surface area contributed by atoms with Crippen molar-refractivity contribution >= 4 is 10.7 Å². The second-order valence-electron chi connectivity index (χ2n) is 1.73. The summed E-state index contributed by atoms with van der Waals surface area (Å²) in [5, 5.41) is 0. The Bertz CT molecular complexity index is 254. The molecule has 1 nitrogen and oxygen atoms in total. The molecule has 0 heterocycles. The molecule has 0 aliphatic heterocycles. The van der Waals surface area contributed by atoms with Gasteiger partial charge < -0.3 is 0 Å². The van der Waals surface area contributed by atoms with Gasteiger partial charge in [-0.1, -0.05) is 18.2 Å². The summed E-state index contributed by atoms with van der Waals surface area (Å²) in [6.07, 6.45) is 0. The van der Waals surface area contributed by atoms with Gasteiger partial charge in [0.15, 0.2) is 0 Å². The van der Waals surface area contributed by atoms with Gasteiger partial charge in [0.2, 0.25) is 4.90 Å². The molecule has 0 fully saturated rings. The predicted molar refractivity (Wildman–Crippen MR) is 35.0 cm³/mol. The number of hydrogen-bond donors (Lipinski definition) is 0. The van der Waals surface area contributed by atoms with Crippen molar-refractivity contribution in [3.63, 3.8) is 0 Å². The molecule has 0 radical (unpaired) electrons. The van der Waals surface area contributed by atoms with Gasteiger partial charge in [-0.25, -0.2) is 0 Å². The monoisotopic (exact) mass is 163 g/mol. The van der Waals surface area contributed by atoms with E-state index < -0.39 is 15.6 Å². The van der Waals surface area contributed by atoms with E-state index in [4.69, 9.17) is 0 Å². The SMILES string of the molecule is O=[S+](F)(F)c1ccccc1. The smallest absolute Gasteiger partial charge is 0.0619 e. The molecule has 0 saturated carbocycles. The van der Waals surface area contributed by atoms with E-state index in [0.29, 0.717) is 0 Å². The molecule has 0 saturated heterocycles. The molecule has 0 aliphatic carbocycles. The lowest BCUT2D eigenvalue weighted by atomic mass is 10.4. The molecule has 0 amide bonds. The molecule has 0 unspecified atom stereocenters. The lowest BCUT2D eigenvalue weighted by Crippen LogP contribution is -1.92. The molecule has 0 atom stereocenters. The van der Waals surface area contributed by atoms with Crippen molar-refractivity contribution in [1.82, 2.24) is 0 Å². The van der Waals surface area contributed by atoms with E-state index in [1.54, 1.807) is 6.07 Å². The standard InChI is InChI=1S/C6H5F2OS/c7-10(8,9)6-4-2-1-3-5-6/h1-5H/q+1. The molecule has 54 valence electrons. The van der Waals surface area contributed by atoms with Crippen LogP contribution in [0.2, 0.25) is 0 Å². The van der Waals surface area contributed by atoms with Crippen LogP contribution in [0, 0.1) is 0 Å². The minimum atomic E-state index is -4.75. The van der Waals surface area contributed by atoms with Crippen molar-refractivity contribution in [3.05, 3.63) is 30.3 Å². The van der Waals surface area contributed by atoms with Crippen molar-refractivity contribution in [1.29, 1.82) is 0 Å². The van der Waals surface area contributed by atoms with E-state index in [0.717, 1.165) is 12.1 Å². The van der Waals surface area contributed by atoms with E-state index in [-0.39, 0.29) is 0 Å². The van der Waals surface area contributed by atoms with E-state index in [1.165, 1.54) is 12.1 Å². The summed E-state index contributed by atoms with van der Waals surface area (Å²) in [7, 11) is -4.75. The van der Waals surface area contributed by atoms with Gasteiger partial charge >= 0.3 is 10.7 Å². The van der Waals surface area contributed by atoms with Crippen LogP contribution in [0.1, 0.15) is 0 Å². The topological polar surface area (TPSA) is 17.1 Å². The van der Waals surface area contributed by atoms with Crippen molar-refractivity contribution < 1.29 is 12.0 Å². The van der Waals surface area contributed by atoms with Gasteiger partial charge in [0.05, 0.1) is 7.77 Å². The first kappa shape index (κ1) is 7.34. The molecule has 0 bridgehead atoms. The highest BCUT2D eigenvalue weighted by Crippen LogP contribution is 2.21. The number of benzene rings is 1. The lowest BCUT2D eigenvalue weighted by molar-refractivity contribution is 0.515. The molecule has 0 aliphatic rings. The maximum absolute atomic E-state index is 12.0. The zero-order valence-electron chi connectivity index (χ0n) is 4.96. The molecule has 0 spiro atoms. The number of rotatable bonds is 1. The van der Waals surface area contributed by atoms with Crippen molar-refractivity contribution in [3.8, 4) is 0 Å². The molecule has 0 aromatic heterocycles. The first-order chi connectivity index (χ1) is 4.61. The number of halogens is 2. The third-order valence-corrected chi connectivity index (χ3v) is 1.84. The second-order valence-corrected chi connectivity index (χ2v) is 3.05. The number of hydrogen-bond acceptors (Lipinski definition) is 1. The van der Waals surface area contributed by atoms with Crippen molar-refractivity contribution in [2.45, 2.75) is 4.90 Å². The van der Waals surface area contributed by atoms with Gasteiger partial charge in [-0.2, -0.15) is 0 Å². The van der Waals surface area contributed by atoms with Crippen LogP contribution in [-0.4, -0.2) is 0 Å². The molecular weight excluding hydrogens is 158 g/mol. The van der Waals surface area contributed by atoms with Crippen LogP contribution >= 0.6 is 0 Å². The first-order valence-corrected chi connectivity index (χ1v) is 3.95. The van der Waals surface area contributed by atoms with Gasteiger partial charge in [0, 0.05) is 12.1 Å². The summed E-state index contributed by atoms with van der Waals surface area (Å²) in [4.78, 5) is -0.407. The van der Waals surface area contributed by atoms with Crippen LogP contribution in [0.15, 0.2) is 35.2 Å². The molecule has 1 aromatic carbocycles. The molecule has 1 rings (SSSR count). The average molecular weight is 163 g/mol. The van der Waals surface area contributed by atoms with E-state index in [1.807, 2.05) is 0 Å². The van der Waals surface area contributed by atoms with Gasteiger partial charge in [0.25, 0.3) is 0 Å². The Kier molecular flexibility index (Phi) is 1.80. The fourth-order valence-corrected chi connectivity index (χ4v) is 1.05. The Morgan fingerprint density at radius 3 is 1.90 bits per heavy atom. The van der Waals surface area contributed by atoms with Crippen molar-refractivity contribution in [2.24, 2.45) is 0 Å². The van der Waals surface area contributed by atoms with E-state index >= 15 is 0 Å². The molecule has 0 N–H and O–H groups in total. The molecule has 1 aromatic rings. The van der Waals surface area contributed by atoms with Gasteiger partial charge in [-0.3, -0.25) is 0 Å². The maximum atomic E-state index is 12.0. The summed E-state index contributed by atoms with van der Waals surface area (Å²) in [6.45, 7) is 0. The third-order valence-electron chi connectivity index (χ3n) is 1.02. The largest absolute Gasteiger partial charge is 0.487 e. The summed E-state index contributed by atoms with van der Waals surface area (Å²) in [5.74, 6) is 0. The van der Waals surface area contributed by atoms with Crippen LogP contribution in [-0.2, 0) is 14.9 Å². The Morgan fingerprint density at radius 1 is 1.10 bits per heavy atom. The summed E-state index contributed by atoms with van der Waals surface area (Å²) in [6, 6.07) is 6.72. The minimum absolute atomic E-state index is 0.407. The third kappa shape index (κ3) is 1.60. The highest BCUT2D eigenvalue weighted by atomic mass is 32.3. The highest BCUT2D eigenvalue weighted by molar-refractivity contribution is 7.93. The molecular formula is C6H5F2OS+. The molecule has 4 heteroatoms. The van der Waals surface area contributed by atoms with Crippen LogP contribution in [0.25, 0.3) is 0 Å². The lowest BCUT2D eigenvalue weighted by Gasteiger charge is -1.85. The fraction of sp³-hybridized carbons (Fsp3) is 0. The normalized spacial score (nSPS) is 11.4. The highest BCUT2D eigenvalue weighted by Gasteiger charge is 2.32. The average Bonchev–Trinajstić information content (AvgIpc) is 1.88. The zero-order valence-corrected chi connectivity index (χ0v) is 5.78. The minimum Gasteiger partial charge on any atom is -0.0619 e. The summed E-state index contributed by atoms with van der Waals surface area (Å²) < 4.78 is 34.0. The summed E-state index contributed by atoms with van der Waals surface area (Å²) >= 11 is 0. The van der Waals surface area contributed by atoms with Gasteiger partial charge in [-0.05, 0) is 4.21 Å². The Morgan fingerprint density at radius 2 is 1.60 bits per heavy atom.